The number of hydrogen-bond acceptors (Lipinski definition) is 5. The third-order valence-corrected chi connectivity index (χ3v) is 3.46. The number of hydrogen-bond donors (Lipinski definition) is 1. The lowest BCUT2D eigenvalue weighted by Gasteiger charge is -2.14. The van der Waals surface area contributed by atoms with Gasteiger partial charge < -0.3 is 24.3 Å². The van der Waals surface area contributed by atoms with Crippen LogP contribution in [0.1, 0.15) is 24.2 Å². The Bertz CT molecular complexity index is 730. The molecule has 1 N–H and O–H groups in total. The summed E-state index contributed by atoms with van der Waals surface area (Å²) in [4.78, 5) is 12.6. The van der Waals surface area contributed by atoms with Gasteiger partial charge in [-0.2, -0.15) is 0 Å². The van der Waals surface area contributed by atoms with Gasteiger partial charge in [-0.1, -0.05) is 0 Å². The van der Waals surface area contributed by atoms with Crippen LogP contribution in [0.15, 0.2) is 36.4 Å². The van der Waals surface area contributed by atoms with Gasteiger partial charge in [-0.3, -0.25) is 4.79 Å². The van der Waals surface area contributed by atoms with Crippen LogP contribution in [0.5, 0.6) is 23.0 Å². The maximum absolute atomic E-state index is 12.6. The molecule has 0 bridgehead atoms. The highest BCUT2D eigenvalue weighted by Crippen LogP contribution is 2.31. The standard InChI is InChI=1S/C19H23NO5/c1-5-24-17-9-7-13(11-18(17)25-6-2)19(21)20-15-12-14(22-3)8-10-16(15)23-4/h7-12H,5-6H2,1-4H3,(H,20,21). The average Bonchev–Trinajstić information content (AvgIpc) is 2.63. The Morgan fingerprint density at radius 1 is 0.880 bits per heavy atom. The van der Waals surface area contributed by atoms with Crippen LogP contribution in [0.4, 0.5) is 5.69 Å². The molecular weight excluding hydrogens is 322 g/mol. The fourth-order valence-corrected chi connectivity index (χ4v) is 2.30. The van der Waals surface area contributed by atoms with E-state index in [0.29, 0.717) is 47.5 Å². The molecule has 0 heterocycles. The van der Waals surface area contributed by atoms with Gasteiger partial charge in [0.1, 0.15) is 11.5 Å². The van der Waals surface area contributed by atoms with Crippen molar-refractivity contribution in [3.63, 3.8) is 0 Å². The highest BCUT2D eigenvalue weighted by molar-refractivity contribution is 6.05. The molecule has 0 saturated heterocycles. The van der Waals surface area contributed by atoms with Gasteiger partial charge in [-0.05, 0) is 44.2 Å². The SMILES string of the molecule is CCOc1ccc(C(=O)Nc2cc(OC)ccc2OC)cc1OCC. The molecule has 1 amide bonds. The van der Waals surface area contributed by atoms with Gasteiger partial charge >= 0.3 is 0 Å². The average molecular weight is 345 g/mol. The van der Waals surface area contributed by atoms with Crippen LogP contribution in [0.25, 0.3) is 0 Å². The molecular formula is C19H23NO5. The molecule has 0 atom stereocenters. The molecule has 2 aromatic carbocycles. The lowest BCUT2D eigenvalue weighted by molar-refractivity contribution is 0.102. The number of benzene rings is 2. The van der Waals surface area contributed by atoms with Gasteiger partial charge in [0.05, 0.1) is 33.1 Å². The van der Waals surface area contributed by atoms with Crippen molar-refractivity contribution in [2.75, 3.05) is 32.8 Å². The zero-order valence-corrected chi connectivity index (χ0v) is 14.9. The summed E-state index contributed by atoms with van der Waals surface area (Å²) >= 11 is 0. The fourth-order valence-electron chi connectivity index (χ4n) is 2.30. The summed E-state index contributed by atoms with van der Waals surface area (Å²) in [6.45, 7) is 4.77. The zero-order valence-electron chi connectivity index (χ0n) is 14.9. The van der Waals surface area contributed by atoms with Crippen molar-refractivity contribution in [3.8, 4) is 23.0 Å². The highest BCUT2D eigenvalue weighted by Gasteiger charge is 2.14. The third-order valence-electron chi connectivity index (χ3n) is 3.46. The van der Waals surface area contributed by atoms with E-state index < -0.39 is 0 Å². The topological polar surface area (TPSA) is 66.0 Å². The van der Waals surface area contributed by atoms with E-state index in [-0.39, 0.29) is 5.91 Å². The van der Waals surface area contributed by atoms with Gasteiger partial charge in [0.15, 0.2) is 11.5 Å². The van der Waals surface area contributed by atoms with Crippen molar-refractivity contribution in [3.05, 3.63) is 42.0 Å². The number of rotatable bonds is 8. The van der Waals surface area contributed by atoms with E-state index in [2.05, 4.69) is 5.32 Å². The molecule has 25 heavy (non-hydrogen) atoms. The van der Waals surface area contributed by atoms with Crippen molar-refractivity contribution in [2.45, 2.75) is 13.8 Å². The lowest BCUT2D eigenvalue weighted by atomic mass is 10.1. The third kappa shape index (κ3) is 4.56. The van der Waals surface area contributed by atoms with Crippen LogP contribution in [-0.2, 0) is 0 Å². The molecule has 0 fully saturated rings. The Hall–Kier alpha value is -2.89. The number of anilines is 1. The number of carbonyl (C=O) groups excluding carboxylic acids is 1. The molecule has 0 spiro atoms. The van der Waals surface area contributed by atoms with Crippen molar-refractivity contribution >= 4 is 11.6 Å². The first kappa shape index (κ1) is 18.4. The number of nitrogens with one attached hydrogen (secondary N) is 1. The summed E-state index contributed by atoms with van der Waals surface area (Å²) in [5.41, 5.74) is 0.982. The van der Waals surface area contributed by atoms with Crippen LogP contribution < -0.4 is 24.3 Å². The highest BCUT2D eigenvalue weighted by atomic mass is 16.5. The molecule has 2 aromatic rings. The summed E-state index contributed by atoms with van der Waals surface area (Å²) in [6.07, 6.45) is 0. The largest absolute Gasteiger partial charge is 0.497 e. The fraction of sp³-hybridized carbons (Fsp3) is 0.316. The molecule has 0 saturated carbocycles. The minimum Gasteiger partial charge on any atom is -0.497 e. The van der Waals surface area contributed by atoms with Gasteiger partial charge in [0.2, 0.25) is 0 Å². The zero-order chi connectivity index (χ0) is 18.2. The summed E-state index contributed by atoms with van der Waals surface area (Å²) in [5.74, 6) is 2.04. The first-order valence-corrected chi connectivity index (χ1v) is 8.05. The summed E-state index contributed by atoms with van der Waals surface area (Å²) in [5, 5.41) is 2.83. The summed E-state index contributed by atoms with van der Waals surface area (Å²) in [6, 6.07) is 10.3. The number of ether oxygens (including phenoxy) is 4. The quantitative estimate of drug-likeness (QED) is 0.789. The van der Waals surface area contributed by atoms with E-state index in [4.69, 9.17) is 18.9 Å². The molecule has 0 aliphatic carbocycles. The van der Waals surface area contributed by atoms with Crippen molar-refractivity contribution in [2.24, 2.45) is 0 Å². The molecule has 0 aliphatic rings. The van der Waals surface area contributed by atoms with Gasteiger partial charge in [0.25, 0.3) is 5.91 Å². The molecule has 2 rings (SSSR count). The minimum atomic E-state index is -0.282. The van der Waals surface area contributed by atoms with E-state index in [1.807, 2.05) is 13.8 Å². The van der Waals surface area contributed by atoms with Gasteiger partial charge in [0, 0.05) is 11.6 Å². The van der Waals surface area contributed by atoms with Crippen molar-refractivity contribution in [1.82, 2.24) is 0 Å². The number of methoxy groups -OCH3 is 2. The van der Waals surface area contributed by atoms with Gasteiger partial charge in [-0.15, -0.1) is 0 Å². The second-order valence-corrected chi connectivity index (χ2v) is 5.05. The van der Waals surface area contributed by atoms with Gasteiger partial charge in [-0.25, -0.2) is 0 Å². The Labute approximate surface area is 147 Å². The predicted molar refractivity (Wildman–Crippen MR) is 96.3 cm³/mol. The summed E-state index contributed by atoms with van der Waals surface area (Å²) in [7, 11) is 3.11. The van der Waals surface area contributed by atoms with Crippen molar-refractivity contribution < 1.29 is 23.7 Å². The van der Waals surface area contributed by atoms with E-state index in [1.54, 1.807) is 50.6 Å². The van der Waals surface area contributed by atoms with Crippen molar-refractivity contribution in [1.29, 1.82) is 0 Å². The van der Waals surface area contributed by atoms with Crippen LogP contribution >= 0.6 is 0 Å². The first-order valence-electron chi connectivity index (χ1n) is 8.05. The second kappa shape index (κ2) is 8.82. The second-order valence-electron chi connectivity index (χ2n) is 5.05. The monoisotopic (exact) mass is 345 g/mol. The normalized spacial score (nSPS) is 10.1. The maximum atomic E-state index is 12.6. The van der Waals surface area contributed by atoms with Crippen LogP contribution in [0, 0.1) is 0 Å². The molecule has 0 unspecified atom stereocenters. The Morgan fingerprint density at radius 2 is 1.56 bits per heavy atom. The van der Waals surface area contributed by atoms with Crippen LogP contribution in [0.2, 0.25) is 0 Å². The molecule has 0 aliphatic heterocycles. The van der Waals surface area contributed by atoms with Crippen LogP contribution in [-0.4, -0.2) is 33.3 Å². The molecule has 134 valence electrons. The van der Waals surface area contributed by atoms with E-state index in [1.165, 1.54) is 0 Å². The molecule has 6 nitrogen and oxygen atoms in total. The first-order chi connectivity index (χ1) is 12.1. The van der Waals surface area contributed by atoms with E-state index >= 15 is 0 Å². The Morgan fingerprint density at radius 3 is 2.20 bits per heavy atom. The Balaban J connectivity index is 2.27. The molecule has 0 radical (unpaired) electrons. The van der Waals surface area contributed by atoms with E-state index in [0.717, 1.165) is 0 Å². The Kier molecular flexibility index (Phi) is 6.51. The number of carbonyl (C=O) groups is 1. The maximum Gasteiger partial charge on any atom is 0.255 e. The number of amides is 1. The predicted octanol–water partition coefficient (Wildman–Crippen LogP) is 3.75. The van der Waals surface area contributed by atoms with E-state index in [9.17, 15) is 4.79 Å². The molecule has 0 aromatic heterocycles. The summed E-state index contributed by atoms with van der Waals surface area (Å²) < 4.78 is 21.6. The van der Waals surface area contributed by atoms with Crippen LogP contribution in [0.3, 0.4) is 0 Å². The minimum absolute atomic E-state index is 0.282. The lowest BCUT2D eigenvalue weighted by Crippen LogP contribution is -2.13. The smallest absolute Gasteiger partial charge is 0.255 e. The molecule has 6 heteroatoms.